The van der Waals surface area contributed by atoms with Crippen molar-refractivity contribution in [3.05, 3.63) is 24.3 Å². The van der Waals surface area contributed by atoms with Gasteiger partial charge in [0.2, 0.25) is 0 Å². The van der Waals surface area contributed by atoms with E-state index in [0.29, 0.717) is 12.4 Å². The third-order valence-electron chi connectivity index (χ3n) is 5.22. The molecule has 1 heterocycles. The van der Waals surface area contributed by atoms with Gasteiger partial charge < -0.3 is 14.8 Å². The van der Waals surface area contributed by atoms with Crippen LogP contribution in [0, 0.1) is 5.92 Å². The van der Waals surface area contributed by atoms with Crippen molar-refractivity contribution in [1.29, 1.82) is 0 Å². The Balaban J connectivity index is 1.56. The first-order valence-electron chi connectivity index (χ1n) is 9.06. The SMILES string of the molecule is CCOc1ccc(OCCN2C(=O)NC3(CCCCC3C)C2=O)cc1. The summed E-state index contributed by atoms with van der Waals surface area (Å²) in [4.78, 5) is 26.4. The van der Waals surface area contributed by atoms with Crippen LogP contribution < -0.4 is 14.8 Å². The minimum Gasteiger partial charge on any atom is -0.494 e. The molecule has 3 rings (SSSR count). The fourth-order valence-corrected chi connectivity index (χ4v) is 3.75. The summed E-state index contributed by atoms with van der Waals surface area (Å²) in [6.07, 6.45) is 3.80. The fourth-order valence-electron chi connectivity index (χ4n) is 3.75. The lowest BCUT2D eigenvalue weighted by molar-refractivity contribution is -0.134. The minimum absolute atomic E-state index is 0.0972. The Labute approximate surface area is 148 Å². The number of carbonyl (C=O) groups excluding carboxylic acids is 2. The largest absolute Gasteiger partial charge is 0.494 e. The quantitative estimate of drug-likeness (QED) is 0.804. The van der Waals surface area contributed by atoms with E-state index in [9.17, 15) is 9.59 Å². The number of nitrogens with zero attached hydrogens (tertiary/aromatic N) is 1. The number of ether oxygens (including phenoxy) is 2. The number of imide groups is 1. The highest BCUT2D eigenvalue weighted by Gasteiger charge is 2.54. The second-order valence-corrected chi connectivity index (χ2v) is 6.76. The average Bonchev–Trinajstić information content (AvgIpc) is 2.84. The van der Waals surface area contributed by atoms with Crippen LogP contribution in [0.2, 0.25) is 0 Å². The first-order valence-corrected chi connectivity index (χ1v) is 9.06. The van der Waals surface area contributed by atoms with Crippen molar-refractivity contribution >= 4 is 11.9 Å². The lowest BCUT2D eigenvalue weighted by Crippen LogP contribution is -2.54. The van der Waals surface area contributed by atoms with Gasteiger partial charge in [0.1, 0.15) is 23.6 Å². The molecule has 1 saturated heterocycles. The van der Waals surface area contributed by atoms with Crippen molar-refractivity contribution < 1.29 is 19.1 Å². The lowest BCUT2D eigenvalue weighted by atomic mass is 9.73. The van der Waals surface area contributed by atoms with E-state index in [1.165, 1.54) is 4.90 Å². The summed E-state index contributed by atoms with van der Waals surface area (Å²) in [5.74, 6) is 1.56. The van der Waals surface area contributed by atoms with E-state index in [2.05, 4.69) is 12.2 Å². The molecule has 1 spiro atoms. The molecule has 2 atom stereocenters. The van der Waals surface area contributed by atoms with E-state index in [4.69, 9.17) is 9.47 Å². The third kappa shape index (κ3) is 3.43. The number of hydrogen-bond acceptors (Lipinski definition) is 4. The predicted octanol–water partition coefficient (Wildman–Crippen LogP) is 2.96. The standard InChI is InChI=1S/C19H26N2O4/c1-3-24-15-7-9-16(10-8-15)25-13-12-21-17(22)19(20-18(21)23)11-5-4-6-14(19)2/h7-10,14H,3-6,11-13H2,1-2H3,(H,20,23). The topological polar surface area (TPSA) is 67.9 Å². The van der Waals surface area contributed by atoms with Crippen LogP contribution >= 0.6 is 0 Å². The van der Waals surface area contributed by atoms with E-state index in [-0.39, 0.29) is 31.0 Å². The smallest absolute Gasteiger partial charge is 0.325 e. The number of hydrogen-bond donors (Lipinski definition) is 1. The molecule has 6 heteroatoms. The summed E-state index contributed by atoms with van der Waals surface area (Å²) in [5.41, 5.74) is -0.700. The number of urea groups is 1. The number of rotatable bonds is 6. The molecule has 0 aromatic heterocycles. The minimum atomic E-state index is -0.700. The zero-order valence-electron chi connectivity index (χ0n) is 14.9. The van der Waals surface area contributed by atoms with Gasteiger partial charge in [-0.2, -0.15) is 0 Å². The maximum atomic E-state index is 12.8. The molecule has 3 amide bonds. The van der Waals surface area contributed by atoms with Crippen molar-refractivity contribution in [2.75, 3.05) is 19.8 Å². The first-order chi connectivity index (χ1) is 12.1. The average molecular weight is 346 g/mol. The molecule has 0 radical (unpaired) electrons. The fraction of sp³-hybridized carbons (Fsp3) is 0.579. The number of nitrogens with one attached hydrogen (secondary N) is 1. The second-order valence-electron chi connectivity index (χ2n) is 6.76. The van der Waals surface area contributed by atoms with Gasteiger partial charge in [-0.3, -0.25) is 9.69 Å². The molecule has 1 aliphatic heterocycles. The zero-order valence-corrected chi connectivity index (χ0v) is 14.9. The Kier molecular flexibility index (Phi) is 5.16. The van der Waals surface area contributed by atoms with Crippen LogP contribution in [0.5, 0.6) is 11.5 Å². The van der Waals surface area contributed by atoms with Gasteiger partial charge in [-0.15, -0.1) is 0 Å². The van der Waals surface area contributed by atoms with Crippen LogP contribution in [0.1, 0.15) is 39.5 Å². The molecule has 2 unspecified atom stereocenters. The highest BCUT2D eigenvalue weighted by Crippen LogP contribution is 2.38. The van der Waals surface area contributed by atoms with Crippen molar-refractivity contribution in [2.24, 2.45) is 5.92 Å². The summed E-state index contributed by atoms with van der Waals surface area (Å²) >= 11 is 0. The molecule has 1 saturated carbocycles. The van der Waals surface area contributed by atoms with Crippen LogP contribution in [0.25, 0.3) is 0 Å². The van der Waals surface area contributed by atoms with Crippen LogP contribution in [0.3, 0.4) is 0 Å². The predicted molar refractivity (Wildman–Crippen MR) is 93.7 cm³/mol. The second kappa shape index (κ2) is 7.33. The van der Waals surface area contributed by atoms with Crippen molar-refractivity contribution in [2.45, 2.75) is 45.1 Å². The first kappa shape index (κ1) is 17.6. The van der Waals surface area contributed by atoms with Gasteiger partial charge in [-0.1, -0.05) is 19.8 Å². The summed E-state index contributed by atoms with van der Waals surface area (Å²) in [5, 5.41) is 2.95. The van der Waals surface area contributed by atoms with Crippen LogP contribution in [-0.2, 0) is 4.79 Å². The molecule has 2 aliphatic rings. The van der Waals surface area contributed by atoms with Crippen molar-refractivity contribution in [3.63, 3.8) is 0 Å². The van der Waals surface area contributed by atoms with E-state index < -0.39 is 5.54 Å². The molecule has 0 bridgehead atoms. The number of benzene rings is 1. The molecule has 25 heavy (non-hydrogen) atoms. The van der Waals surface area contributed by atoms with Crippen LogP contribution in [0.15, 0.2) is 24.3 Å². The maximum absolute atomic E-state index is 12.8. The van der Waals surface area contributed by atoms with Gasteiger partial charge in [0.25, 0.3) is 5.91 Å². The Morgan fingerprint density at radius 3 is 2.48 bits per heavy atom. The monoisotopic (exact) mass is 346 g/mol. The molecule has 1 aromatic carbocycles. The Morgan fingerprint density at radius 2 is 1.84 bits per heavy atom. The van der Waals surface area contributed by atoms with Gasteiger partial charge in [0.15, 0.2) is 0 Å². The Hall–Kier alpha value is -2.24. The molecule has 1 aliphatic carbocycles. The van der Waals surface area contributed by atoms with Gasteiger partial charge in [-0.05, 0) is 49.9 Å². The molecule has 6 nitrogen and oxygen atoms in total. The van der Waals surface area contributed by atoms with Gasteiger partial charge >= 0.3 is 6.03 Å². The van der Waals surface area contributed by atoms with Crippen LogP contribution in [-0.4, -0.2) is 42.1 Å². The highest BCUT2D eigenvalue weighted by molar-refractivity contribution is 6.07. The maximum Gasteiger partial charge on any atom is 0.325 e. The number of carbonyl (C=O) groups is 2. The highest BCUT2D eigenvalue weighted by atomic mass is 16.5. The van der Waals surface area contributed by atoms with Crippen molar-refractivity contribution in [1.82, 2.24) is 10.2 Å². The summed E-state index contributed by atoms with van der Waals surface area (Å²) in [6.45, 7) is 5.14. The van der Waals surface area contributed by atoms with Crippen LogP contribution in [0.4, 0.5) is 4.79 Å². The molecule has 1 N–H and O–H groups in total. The van der Waals surface area contributed by atoms with E-state index in [0.717, 1.165) is 31.4 Å². The zero-order chi connectivity index (χ0) is 17.9. The Morgan fingerprint density at radius 1 is 1.16 bits per heavy atom. The van der Waals surface area contributed by atoms with Crippen molar-refractivity contribution in [3.8, 4) is 11.5 Å². The normalized spacial score (nSPS) is 26.0. The Bertz CT molecular complexity index is 631. The van der Waals surface area contributed by atoms with Gasteiger partial charge in [-0.25, -0.2) is 4.79 Å². The van der Waals surface area contributed by atoms with E-state index in [1.807, 2.05) is 31.2 Å². The van der Waals surface area contributed by atoms with E-state index in [1.54, 1.807) is 0 Å². The molecular weight excluding hydrogens is 320 g/mol. The summed E-state index contributed by atoms with van der Waals surface area (Å²) < 4.78 is 11.1. The lowest BCUT2D eigenvalue weighted by Gasteiger charge is -2.36. The molecule has 2 fully saturated rings. The number of amides is 3. The van der Waals surface area contributed by atoms with Gasteiger partial charge in [0, 0.05) is 0 Å². The summed E-state index contributed by atoms with van der Waals surface area (Å²) in [6, 6.07) is 7.02. The molecular formula is C19H26N2O4. The van der Waals surface area contributed by atoms with E-state index >= 15 is 0 Å². The summed E-state index contributed by atoms with van der Waals surface area (Å²) in [7, 11) is 0. The molecule has 1 aromatic rings. The molecule has 136 valence electrons. The third-order valence-corrected chi connectivity index (χ3v) is 5.22. The van der Waals surface area contributed by atoms with Gasteiger partial charge in [0.05, 0.1) is 13.2 Å².